The number of amides is 2. The lowest BCUT2D eigenvalue weighted by atomic mass is 9.69. The van der Waals surface area contributed by atoms with E-state index in [1.165, 1.54) is 0 Å². The van der Waals surface area contributed by atoms with Gasteiger partial charge in [0, 0.05) is 19.6 Å². The Hall–Kier alpha value is -1.26. The quantitative estimate of drug-likeness (QED) is 0.802. The number of rotatable bonds is 3. The maximum absolute atomic E-state index is 12.0. The average molecular weight is 254 g/mol. The molecule has 2 aliphatic rings. The maximum atomic E-state index is 12.0. The summed E-state index contributed by atoms with van der Waals surface area (Å²) < 4.78 is 0. The monoisotopic (exact) mass is 254 g/mol. The smallest absolute Gasteiger partial charge is 0.317 e. The van der Waals surface area contributed by atoms with Crippen LogP contribution in [0, 0.1) is 17.3 Å². The Kier molecular flexibility index (Phi) is 3.50. The van der Waals surface area contributed by atoms with Crippen LogP contribution in [0.1, 0.15) is 33.1 Å². The van der Waals surface area contributed by atoms with Crippen molar-refractivity contribution < 1.29 is 14.7 Å². The fourth-order valence-corrected chi connectivity index (χ4v) is 2.72. The zero-order valence-corrected chi connectivity index (χ0v) is 11.1. The van der Waals surface area contributed by atoms with Crippen molar-refractivity contribution in [3.63, 3.8) is 0 Å². The Bertz CT molecular complexity index is 342. The first-order valence-electron chi connectivity index (χ1n) is 6.71. The molecule has 18 heavy (non-hydrogen) atoms. The number of hydrogen-bond donors (Lipinski definition) is 2. The van der Waals surface area contributed by atoms with Crippen molar-refractivity contribution in [2.75, 3.05) is 19.6 Å². The van der Waals surface area contributed by atoms with Gasteiger partial charge in [-0.05, 0) is 24.7 Å². The van der Waals surface area contributed by atoms with Crippen LogP contribution in [0.4, 0.5) is 4.79 Å². The lowest BCUT2D eigenvalue weighted by Crippen LogP contribution is -2.50. The predicted octanol–water partition coefficient (Wildman–Crippen LogP) is 1.54. The first-order valence-corrected chi connectivity index (χ1v) is 6.71. The standard InChI is InChI=1S/C13H22N2O3/c1-9-6-15(7-10(9)2)12(18)14-8-13(11(16)17)4-3-5-13/h9-10H,3-8H2,1-2H3,(H,14,18)(H,16,17). The van der Waals surface area contributed by atoms with Gasteiger partial charge in [0.1, 0.15) is 0 Å². The molecule has 1 aliphatic carbocycles. The van der Waals surface area contributed by atoms with E-state index in [4.69, 9.17) is 0 Å². The highest BCUT2D eigenvalue weighted by atomic mass is 16.4. The molecule has 5 heteroatoms. The molecule has 1 aliphatic heterocycles. The molecule has 0 bridgehead atoms. The number of urea groups is 1. The average Bonchev–Trinajstić information content (AvgIpc) is 2.57. The number of carbonyl (C=O) groups excluding carboxylic acids is 1. The van der Waals surface area contributed by atoms with E-state index in [9.17, 15) is 14.7 Å². The molecule has 0 aromatic rings. The number of carbonyl (C=O) groups is 2. The number of carboxylic acid groups (broad SMARTS) is 1. The predicted molar refractivity (Wildman–Crippen MR) is 67.2 cm³/mol. The Morgan fingerprint density at radius 2 is 1.83 bits per heavy atom. The van der Waals surface area contributed by atoms with E-state index in [1.54, 1.807) is 4.90 Å². The molecule has 2 unspecified atom stereocenters. The maximum Gasteiger partial charge on any atom is 0.317 e. The molecule has 2 atom stereocenters. The lowest BCUT2D eigenvalue weighted by molar-refractivity contribution is -0.153. The van der Waals surface area contributed by atoms with Gasteiger partial charge < -0.3 is 15.3 Å². The van der Waals surface area contributed by atoms with Crippen molar-refractivity contribution in [3.05, 3.63) is 0 Å². The fraction of sp³-hybridized carbons (Fsp3) is 0.846. The van der Waals surface area contributed by atoms with Crippen molar-refractivity contribution in [2.24, 2.45) is 17.3 Å². The molecule has 0 aromatic heterocycles. The number of nitrogens with zero attached hydrogens (tertiary/aromatic N) is 1. The van der Waals surface area contributed by atoms with Crippen LogP contribution in [0.3, 0.4) is 0 Å². The van der Waals surface area contributed by atoms with E-state index in [0.717, 1.165) is 19.5 Å². The van der Waals surface area contributed by atoms with E-state index in [2.05, 4.69) is 19.2 Å². The molecule has 1 heterocycles. The third kappa shape index (κ3) is 2.31. The highest BCUT2D eigenvalue weighted by molar-refractivity contribution is 5.79. The van der Waals surface area contributed by atoms with E-state index < -0.39 is 11.4 Å². The topological polar surface area (TPSA) is 69.6 Å². The lowest BCUT2D eigenvalue weighted by Gasteiger charge is -2.37. The molecule has 2 rings (SSSR count). The SMILES string of the molecule is CC1CN(C(=O)NCC2(C(=O)O)CCC2)CC1C. The Morgan fingerprint density at radius 3 is 2.22 bits per heavy atom. The van der Waals surface area contributed by atoms with Gasteiger partial charge in [-0.3, -0.25) is 4.79 Å². The highest BCUT2D eigenvalue weighted by Crippen LogP contribution is 2.40. The van der Waals surface area contributed by atoms with Crippen LogP contribution < -0.4 is 5.32 Å². The molecule has 0 radical (unpaired) electrons. The van der Waals surface area contributed by atoms with E-state index >= 15 is 0 Å². The summed E-state index contributed by atoms with van der Waals surface area (Å²) >= 11 is 0. The molecule has 102 valence electrons. The number of carboxylic acids is 1. The van der Waals surface area contributed by atoms with Gasteiger partial charge >= 0.3 is 12.0 Å². The van der Waals surface area contributed by atoms with Crippen LogP contribution in [-0.4, -0.2) is 41.6 Å². The Morgan fingerprint density at radius 1 is 1.28 bits per heavy atom. The zero-order valence-electron chi connectivity index (χ0n) is 11.1. The van der Waals surface area contributed by atoms with Crippen LogP contribution in [0.25, 0.3) is 0 Å². The molecule has 2 fully saturated rings. The normalized spacial score (nSPS) is 29.8. The zero-order chi connectivity index (χ0) is 13.3. The second kappa shape index (κ2) is 4.78. The van der Waals surface area contributed by atoms with Gasteiger partial charge in [0.25, 0.3) is 0 Å². The van der Waals surface area contributed by atoms with Crippen LogP contribution in [-0.2, 0) is 4.79 Å². The minimum absolute atomic E-state index is 0.112. The van der Waals surface area contributed by atoms with Gasteiger partial charge in [-0.1, -0.05) is 20.3 Å². The second-order valence-electron chi connectivity index (χ2n) is 5.96. The van der Waals surface area contributed by atoms with Crippen LogP contribution in [0.5, 0.6) is 0 Å². The molecule has 5 nitrogen and oxygen atoms in total. The summed E-state index contributed by atoms with van der Waals surface area (Å²) in [6, 6.07) is -0.112. The highest BCUT2D eigenvalue weighted by Gasteiger charge is 2.44. The summed E-state index contributed by atoms with van der Waals surface area (Å²) in [5.74, 6) is 0.262. The van der Waals surface area contributed by atoms with Crippen LogP contribution in [0.15, 0.2) is 0 Å². The Balaban J connectivity index is 1.84. The summed E-state index contributed by atoms with van der Waals surface area (Å²) in [6.45, 7) is 6.09. The molecular formula is C13H22N2O3. The van der Waals surface area contributed by atoms with Gasteiger partial charge in [0.15, 0.2) is 0 Å². The number of likely N-dealkylation sites (tertiary alicyclic amines) is 1. The molecular weight excluding hydrogens is 232 g/mol. The molecule has 0 aromatic carbocycles. The van der Waals surface area contributed by atoms with Crippen molar-refractivity contribution in [3.8, 4) is 0 Å². The molecule has 2 N–H and O–H groups in total. The van der Waals surface area contributed by atoms with Crippen LogP contribution >= 0.6 is 0 Å². The van der Waals surface area contributed by atoms with E-state index in [1.807, 2.05) is 0 Å². The van der Waals surface area contributed by atoms with Crippen molar-refractivity contribution >= 4 is 12.0 Å². The molecule has 0 spiro atoms. The first-order chi connectivity index (χ1) is 8.44. The largest absolute Gasteiger partial charge is 0.481 e. The summed E-state index contributed by atoms with van der Waals surface area (Å²) in [5.41, 5.74) is -0.702. The van der Waals surface area contributed by atoms with Crippen molar-refractivity contribution in [2.45, 2.75) is 33.1 Å². The van der Waals surface area contributed by atoms with Gasteiger partial charge in [0.2, 0.25) is 0 Å². The number of hydrogen-bond acceptors (Lipinski definition) is 2. The molecule has 1 saturated carbocycles. The van der Waals surface area contributed by atoms with Gasteiger partial charge in [-0.25, -0.2) is 4.79 Å². The summed E-state index contributed by atoms with van der Waals surface area (Å²) in [6.07, 6.45) is 2.30. The summed E-state index contributed by atoms with van der Waals surface area (Å²) in [5, 5.41) is 12.0. The van der Waals surface area contributed by atoms with Gasteiger partial charge in [-0.2, -0.15) is 0 Å². The van der Waals surface area contributed by atoms with Gasteiger partial charge in [0.05, 0.1) is 5.41 Å². The van der Waals surface area contributed by atoms with E-state index in [-0.39, 0.29) is 12.6 Å². The summed E-state index contributed by atoms with van der Waals surface area (Å²) in [7, 11) is 0. The summed E-state index contributed by atoms with van der Waals surface area (Å²) in [4.78, 5) is 24.9. The van der Waals surface area contributed by atoms with Gasteiger partial charge in [-0.15, -0.1) is 0 Å². The van der Waals surface area contributed by atoms with Crippen molar-refractivity contribution in [1.29, 1.82) is 0 Å². The minimum Gasteiger partial charge on any atom is -0.481 e. The number of nitrogens with one attached hydrogen (secondary N) is 1. The minimum atomic E-state index is -0.780. The second-order valence-corrected chi connectivity index (χ2v) is 5.96. The molecule has 2 amide bonds. The fourth-order valence-electron chi connectivity index (χ4n) is 2.72. The third-order valence-corrected chi connectivity index (χ3v) is 4.62. The van der Waals surface area contributed by atoms with Crippen molar-refractivity contribution in [1.82, 2.24) is 10.2 Å². The van der Waals surface area contributed by atoms with Crippen LogP contribution in [0.2, 0.25) is 0 Å². The molecule has 1 saturated heterocycles. The third-order valence-electron chi connectivity index (χ3n) is 4.62. The van der Waals surface area contributed by atoms with E-state index in [0.29, 0.717) is 24.7 Å². The first kappa shape index (κ1) is 13.2. The Labute approximate surface area is 108 Å². The number of aliphatic carboxylic acids is 1.